The minimum absolute atomic E-state index is 0.132. The molecule has 1 atom stereocenters. The van der Waals surface area contributed by atoms with Crippen molar-refractivity contribution in [1.29, 1.82) is 0 Å². The van der Waals surface area contributed by atoms with Crippen molar-refractivity contribution < 1.29 is 22.7 Å². The van der Waals surface area contributed by atoms with E-state index in [4.69, 9.17) is 4.74 Å². The molecule has 1 fully saturated rings. The SMILES string of the molecule is CCOC(=O)c1ccc2c(c1)sc(=NC(=O)C1CCCN(S(=O)(=O)c3cccs3)C1)n2CC. The maximum atomic E-state index is 13.1. The Kier molecular flexibility index (Phi) is 7.13. The van der Waals surface area contributed by atoms with Crippen molar-refractivity contribution in [2.45, 2.75) is 37.4 Å². The van der Waals surface area contributed by atoms with Crippen molar-refractivity contribution in [1.82, 2.24) is 8.87 Å². The molecule has 8 nitrogen and oxygen atoms in total. The molecule has 0 radical (unpaired) electrons. The first-order valence-corrected chi connectivity index (χ1v) is 13.9. The number of rotatable bonds is 6. The summed E-state index contributed by atoms with van der Waals surface area (Å²) in [5.74, 6) is -1.20. The molecule has 33 heavy (non-hydrogen) atoms. The lowest BCUT2D eigenvalue weighted by Gasteiger charge is -2.29. The molecule has 0 spiro atoms. The second-order valence-corrected chi connectivity index (χ2v) is 11.7. The number of fused-ring (bicyclic) bond motifs is 1. The van der Waals surface area contributed by atoms with Crippen molar-refractivity contribution in [3.63, 3.8) is 0 Å². The maximum Gasteiger partial charge on any atom is 0.338 e. The average Bonchev–Trinajstić information content (AvgIpc) is 3.47. The van der Waals surface area contributed by atoms with Gasteiger partial charge in [0.25, 0.3) is 15.9 Å². The Morgan fingerprint density at radius 2 is 2.06 bits per heavy atom. The number of hydrogen-bond donors (Lipinski definition) is 0. The summed E-state index contributed by atoms with van der Waals surface area (Å²) in [6, 6.07) is 8.59. The topological polar surface area (TPSA) is 98.0 Å². The third-order valence-corrected chi connectivity index (χ3v) is 9.82. The van der Waals surface area contributed by atoms with E-state index in [0.29, 0.717) is 47.1 Å². The summed E-state index contributed by atoms with van der Waals surface area (Å²) in [6.07, 6.45) is 1.21. The number of ether oxygens (including phenoxy) is 1. The number of thiophene rings is 1. The van der Waals surface area contributed by atoms with Gasteiger partial charge in [-0.1, -0.05) is 17.4 Å². The summed E-state index contributed by atoms with van der Waals surface area (Å²) in [5.41, 5.74) is 1.33. The Morgan fingerprint density at radius 1 is 1.24 bits per heavy atom. The van der Waals surface area contributed by atoms with Gasteiger partial charge in [-0.25, -0.2) is 13.2 Å². The number of hydrogen-bond acceptors (Lipinski definition) is 7. The van der Waals surface area contributed by atoms with E-state index in [2.05, 4.69) is 4.99 Å². The predicted octanol–water partition coefficient (Wildman–Crippen LogP) is 3.49. The number of piperidine rings is 1. The number of carbonyl (C=O) groups excluding carboxylic acids is 2. The molecule has 1 aromatic carbocycles. The van der Waals surface area contributed by atoms with E-state index in [1.165, 1.54) is 27.0 Å². The molecule has 1 amide bonds. The molecular weight excluding hydrogens is 482 g/mol. The summed E-state index contributed by atoms with van der Waals surface area (Å²) >= 11 is 2.51. The Bertz CT molecular complexity index is 1340. The number of carbonyl (C=O) groups is 2. The molecule has 1 aliphatic rings. The molecule has 3 aromatic rings. The molecule has 4 rings (SSSR count). The third kappa shape index (κ3) is 4.81. The molecule has 0 N–H and O–H groups in total. The number of sulfonamides is 1. The quantitative estimate of drug-likeness (QED) is 0.476. The van der Waals surface area contributed by atoms with E-state index in [-0.39, 0.29) is 18.4 Å². The molecule has 1 unspecified atom stereocenters. The van der Waals surface area contributed by atoms with Crippen LogP contribution in [0.3, 0.4) is 0 Å². The largest absolute Gasteiger partial charge is 0.462 e. The Morgan fingerprint density at radius 3 is 2.76 bits per heavy atom. The summed E-state index contributed by atoms with van der Waals surface area (Å²) < 4.78 is 35.3. The monoisotopic (exact) mass is 507 g/mol. The smallest absolute Gasteiger partial charge is 0.338 e. The van der Waals surface area contributed by atoms with Crippen LogP contribution in [0.5, 0.6) is 0 Å². The highest BCUT2D eigenvalue weighted by Gasteiger charge is 2.33. The fourth-order valence-corrected chi connectivity index (χ4v) is 7.70. The number of nitrogens with zero attached hydrogens (tertiary/aromatic N) is 3. The minimum atomic E-state index is -3.60. The second-order valence-electron chi connectivity index (χ2n) is 7.62. The zero-order valence-corrected chi connectivity index (χ0v) is 20.8. The Labute approximate surface area is 200 Å². The van der Waals surface area contributed by atoms with Gasteiger partial charge in [0, 0.05) is 19.6 Å². The van der Waals surface area contributed by atoms with Gasteiger partial charge in [0.1, 0.15) is 4.21 Å². The highest BCUT2D eigenvalue weighted by Crippen LogP contribution is 2.27. The van der Waals surface area contributed by atoms with Crippen LogP contribution in [-0.2, 0) is 26.1 Å². The minimum Gasteiger partial charge on any atom is -0.462 e. The van der Waals surface area contributed by atoms with Crippen LogP contribution in [-0.4, -0.2) is 48.9 Å². The predicted molar refractivity (Wildman–Crippen MR) is 128 cm³/mol. The van der Waals surface area contributed by atoms with Gasteiger partial charge < -0.3 is 9.30 Å². The Hall–Kier alpha value is -2.34. The maximum absolute atomic E-state index is 13.1. The van der Waals surface area contributed by atoms with E-state index in [0.717, 1.165) is 10.2 Å². The molecular formula is C22H25N3O5S3. The fourth-order valence-electron chi connectivity index (χ4n) is 3.89. The normalized spacial score (nSPS) is 18.0. The van der Waals surface area contributed by atoms with E-state index < -0.39 is 15.9 Å². The highest BCUT2D eigenvalue weighted by atomic mass is 32.2. The standard InChI is InChI=1S/C22H25N3O5S3/c1-3-25-17-10-9-15(21(27)30-4-2)13-18(17)32-22(25)23-20(26)16-7-5-11-24(14-16)33(28,29)19-8-6-12-31-19/h6,8-10,12-13,16H,3-5,7,11,14H2,1-2H3. The van der Waals surface area contributed by atoms with Crippen LogP contribution >= 0.6 is 22.7 Å². The van der Waals surface area contributed by atoms with Crippen LogP contribution in [0.1, 0.15) is 37.0 Å². The van der Waals surface area contributed by atoms with Crippen LogP contribution in [0.4, 0.5) is 0 Å². The third-order valence-electron chi connectivity index (χ3n) is 5.54. The lowest BCUT2D eigenvalue weighted by molar-refractivity contribution is -0.122. The molecule has 11 heteroatoms. The van der Waals surface area contributed by atoms with Crippen molar-refractivity contribution in [2.24, 2.45) is 10.9 Å². The van der Waals surface area contributed by atoms with Gasteiger partial charge in [0.15, 0.2) is 4.80 Å². The van der Waals surface area contributed by atoms with E-state index in [1.54, 1.807) is 36.6 Å². The molecule has 1 aliphatic heterocycles. The van der Waals surface area contributed by atoms with E-state index >= 15 is 0 Å². The molecule has 176 valence electrons. The molecule has 3 heterocycles. The van der Waals surface area contributed by atoms with Gasteiger partial charge in [-0.2, -0.15) is 9.30 Å². The molecule has 0 saturated carbocycles. The summed E-state index contributed by atoms with van der Waals surface area (Å²) in [4.78, 5) is 30.1. The van der Waals surface area contributed by atoms with Crippen molar-refractivity contribution in [2.75, 3.05) is 19.7 Å². The number of esters is 1. The van der Waals surface area contributed by atoms with Gasteiger partial charge in [0.2, 0.25) is 0 Å². The second kappa shape index (κ2) is 9.88. The zero-order valence-electron chi connectivity index (χ0n) is 18.4. The number of thiazole rings is 1. The highest BCUT2D eigenvalue weighted by molar-refractivity contribution is 7.91. The summed E-state index contributed by atoms with van der Waals surface area (Å²) in [5, 5.41) is 1.73. The van der Waals surface area contributed by atoms with Crippen LogP contribution in [0.25, 0.3) is 10.2 Å². The lowest BCUT2D eigenvalue weighted by atomic mass is 9.99. The fraction of sp³-hybridized carbons (Fsp3) is 0.409. The number of amides is 1. The molecule has 1 saturated heterocycles. The first-order chi connectivity index (χ1) is 15.8. The van der Waals surface area contributed by atoms with Crippen LogP contribution < -0.4 is 4.80 Å². The molecule has 0 bridgehead atoms. The molecule has 2 aromatic heterocycles. The van der Waals surface area contributed by atoms with Gasteiger partial charge in [0.05, 0.1) is 28.3 Å². The van der Waals surface area contributed by atoms with Gasteiger partial charge in [-0.15, -0.1) is 11.3 Å². The Balaban J connectivity index is 1.62. The molecule has 0 aliphatic carbocycles. The lowest BCUT2D eigenvalue weighted by Crippen LogP contribution is -2.42. The number of aryl methyl sites for hydroxylation is 1. The van der Waals surface area contributed by atoms with E-state index in [9.17, 15) is 18.0 Å². The van der Waals surface area contributed by atoms with Crippen LogP contribution in [0.2, 0.25) is 0 Å². The number of aromatic nitrogens is 1. The van der Waals surface area contributed by atoms with Gasteiger partial charge >= 0.3 is 5.97 Å². The first-order valence-electron chi connectivity index (χ1n) is 10.8. The summed E-state index contributed by atoms with van der Waals surface area (Å²) in [7, 11) is -3.60. The van der Waals surface area contributed by atoms with Crippen molar-refractivity contribution in [3.05, 3.63) is 46.1 Å². The zero-order chi connectivity index (χ0) is 23.6. The van der Waals surface area contributed by atoms with Gasteiger partial charge in [-0.05, 0) is 56.3 Å². The van der Waals surface area contributed by atoms with Crippen LogP contribution in [0, 0.1) is 5.92 Å². The van der Waals surface area contributed by atoms with Crippen molar-refractivity contribution in [3.8, 4) is 0 Å². The summed E-state index contributed by atoms with van der Waals surface area (Å²) in [6.45, 7) is 5.16. The average molecular weight is 508 g/mol. The first kappa shape index (κ1) is 23.8. The van der Waals surface area contributed by atoms with Crippen molar-refractivity contribution >= 4 is 54.8 Å². The number of benzene rings is 1. The van der Waals surface area contributed by atoms with Crippen LogP contribution in [0.15, 0.2) is 44.9 Å². The van der Waals surface area contributed by atoms with E-state index in [1.807, 2.05) is 17.6 Å². The van der Waals surface area contributed by atoms with Gasteiger partial charge in [-0.3, -0.25) is 4.79 Å².